The van der Waals surface area contributed by atoms with Crippen molar-refractivity contribution in [3.05, 3.63) is 0 Å². The van der Waals surface area contributed by atoms with E-state index in [4.69, 9.17) is 14.7 Å². The van der Waals surface area contributed by atoms with Crippen LogP contribution in [0.5, 0.6) is 0 Å². The van der Waals surface area contributed by atoms with Crippen LogP contribution < -0.4 is 5.32 Å². The summed E-state index contributed by atoms with van der Waals surface area (Å²) in [5, 5.41) is 12.4. The maximum absolute atomic E-state index is 8.85. The lowest BCUT2D eigenvalue weighted by Gasteiger charge is -2.22. The highest BCUT2D eigenvalue weighted by Gasteiger charge is 2.33. The Morgan fingerprint density at radius 1 is 1.44 bits per heavy atom. The molecule has 4 nitrogen and oxygen atoms in total. The van der Waals surface area contributed by atoms with Gasteiger partial charge in [0.25, 0.3) is 0 Å². The molecule has 2 aliphatic rings. The van der Waals surface area contributed by atoms with Crippen molar-refractivity contribution in [2.45, 2.75) is 44.4 Å². The van der Waals surface area contributed by atoms with Crippen LogP contribution in [0.1, 0.15) is 26.2 Å². The highest BCUT2D eigenvalue weighted by atomic mass is 16.5. The molecule has 1 aliphatic heterocycles. The van der Waals surface area contributed by atoms with Gasteiger partial charge in [0.05, 0.1) is 31.4 Å². The Bertz CT molecular complexity index is 264. The van der Waals surface area contributed by atoms with Gasteiger partial charge in [-0.05, 0) is 26.2 Å². The van der Waals surface area contributed by atoms with Crippen LogP contribution in [0.3, 0.4) is 0 Å². The van der Waals surface area contributed by atoms with Crippen LogP contribution in [0.25, 0.3) is 0 Å². The second-order valence-electron chi connectivity index (χ2n) is 4.64. The first-order valence-electron chi connectivity index (χ1n) is 6.18. The Hall–Kier alpha value is -0.630. The molecule has 1 aliphatic carbocycles. The van der Waals surface area contributed by atoms with E-state index in [-0.39, 0.29) is 12.0 Å². The molecule has 1 N–H and O–H groups in total. The van der Waals surface area contributed by atoms with Crippen LogP contribution >= 0.6 is 0 Å². The predicted octanol–water partition coefficient (Wildman–Crippen LogP) is 1.07. The minimum atomic E-state index is 0.186. The van der Waals surface area contributed by atoms with Gasteiger partial charge in [-0.2, -0.15) is 5.26 Å². The third-order valence-electron chi connectivity index (χ3n) is 3.47. The largest absolute Gasteiger partial charge is 0.377 e. The van der Waals surface area contributed by atoms with Crippen molar-refractivity contribution >= 4 is 0 Å². The smallest absolute Gasteiger partial charge is 0.0983 e. The van der Waals surface area contributed by atoms with Gasteiger partial charge >= 0.3 is 0 Å². The molecule has 1 saturated heterocycles. The van der Waals surface area contributed by atoms with Gasteiger partial charge in [0.15, 0.2) is 0 Å². The van der Waals surface area contributed by atoms with E-state index in [1.165, 1.54) is 0 Å². The fraction of sp³-hybridized carbons (Fsp3) is 0.917. The number of nitrogens with one attached hydrogen (secondary N) is 1. The van der Waals surface area contributed by atoms with Crippen LogP contribution in [0, 0.1) is 17.2 Å². The number of rotatable bonds is 4. The molecule has 0 aromatic rings. The lowest BCUT2D eigenvalue weighted by molar-refractivity contribution is 0.0398. The summed E-state index contributed by atoms with van der Waals surface area (Å²) in [6.45, 7) is 4.17. The monoisotopic (exact) mass is 224 g/mol. The standard InChI is InChI=1S/C12H20N2O2/c1-2-16-12-8-15-7-11(12)14-10-4-3-9(5-10)6-13/h9-12,14H,2-5,7-8H2,1H3/t9?,10?,11-,12-/m1/s1. The fourth-order valence-electron chi connectivity index (χ4n) is 2.62. The van der Waals surface area contributed by atoms with Gasteiger partial charge in [0.1, 0.15) is 0 Å². The molecule has 0 bridgehead atoms. The molecule has 16 heavy (non-hydrogen) atoms. The Morgan fingerprint density at radius 2 is 2.31 bits per heavy atom. The van der Waals surface area contributed by atoms with Crippen molar-refractivity contribution < 1.29 is 9.47 Å². The van der Waals surface area contributed by atoms with Crippen LogP contribution in [0.15, 0.2) is 0 Å². The van der Waals surface area contributed by atoms with Crippen molar-refractivity contribution in [1.29, 1.82) is 5.26 Å². The molecule has 4 atom stereocenters. The highest BCUT2D eigenvalue weighted by molar-refractivity contribution is 4.95. The average molecular weight is 224 g/mol. The quantitative estimate of drug-likeness (QED) is 0.776. The molecule has 90 valence electrons. The van der Waals surface area contributed by atoms with E-state index < -0.39 is 0 Å². The van der Waals surface area contributed by atoms with Gasteiger partial charge in [-0.3, -0.25) is 0 Å². The summed E-state index contributed by atoms with van der Waals surface area (Å²) in [6.07, 6.45) is 3.30. The van der Waals surface area contributed by atoms with E-state index in [0.717, 1.165) is 32.5 Å². The van der Waals surface area contributed by atoms with E-state index in [1.807, 2.05) is 6.92 Å². The van der Waals surface area contributed by atoms with E-state index in [0.29, 0.717) is 18.7 Å². The molecule has 0 aromatic heterocycles. The topological polar surface area (TPSA) is 54.3 Å². The SMILES string of the molecule is CCO[C@@H]1COC[C@H]1NC1CCC(C#N)C1. The Balaban J connectivity index is 1.79. The number of hydrogen-bond donors (Lipinski definition) is 1. The first-order chi connectivity index (χ1) is 7.83. The van der Waals surface area contributed by atoms with E-state index in [9.17, 15) is 0 Å². The van der Waals surface area contributed by atoms with Gasteiger partial charge in [0, 0.05) is 18.6 Å². The van der Waals surface area contributed by atoms with Gasteiger partial charge in [-0.15, -0.1) is 0 Å². The number of nitrogens with zero attached hydrogens (tertiary/aromatic N) is 1. The van der Waals surface area contributed by atoms with Crippen LogP contribution in [0.4, 0.5) is 0 Å². The van der Waals surface area contributed by atoms with E-state index in [1.54, 1.807) is 0 Å². The Labute approximate surface area is 96.9 Å². The summed E-state index contributed by atoms with van der Waals surface area (Å²) in [5.74, 6) is 0.241. The summed E-state index contributed by atoms with van der Waals surface area (Å²) >= 11 is 0. The van der Waals surface area contributed by atoms with Crippen molar-refractivity contribution in [3.63, 3.8) is 0 Å². The predicted molar refractivity (Wildman–Crippen MR) is 59.9 cm³/mol. The molecule has 4 heteroatoms. The van der Waals surface area contributed by atoms with Crippen molar-refractivity contribution in [2.75, 3.05) is 19.8 Å². The zero-order chi connectivity index (χ0) is 11.4. The number of nitriles is 1. The fourth-order valence-corrected chi connectivity index (χ4v) is 2.62. The van der Waals surface area contributed by atoms with Gasteiger partial charge in [-0.25, -0.2) is 0 Å². The maximum Gasteiger partial charge on any atom is 0.0983 e. The second-order valence-corrected chi connectivity index (χ2v) is 4.64. The van der Waals surface area contributed by atoms with E-state index >= 15 is 0 Å². The van der Waals surface area contributed by atoms with Crippen molar-refractivity contribution in [3.8, 4) is 6.07 Å². The molecule has 1 heterocycles. The Kier molecular flexibility index (Phi) is 4.16. The molecular formula is C12H20N2O2. The minimum absolute atomic E-state index is 0.186. The van der Waals surface area contributed by atoms with Crippen LogP contribution in [0.2, 0.25) is 0 Å². The molecular weight excluding hydrogens is 204 g/mol. The van der Waals surface area contributed by atoms with Crippen LogP contribution in [-0.4, -0.2) is 38.0 Å². The average Bonchev–Trinajstić information content (AvgIpc) is 2.90. The molecule has 2 fully saturated rings. The molecule has 2 rings (SSSR count). The molecule has 0 radical (unpaired) electrons. The third kappa shape index (κ3) is 2.73. The lowest BCUT2D eigenvalue weighted by Crippen LogP contribution is -2.45. The van der Waals surface area contributed by atoms with Crippen molar-refractivity contribution in [2.24, 2.45) is 5.92 Å². The number of ether oxygens (including phenoxy) is 2. The normalized spacial score (nSPS) is 38.8. The van der Waals surface area contributed by atoms with E-state index in [2.05, 4.69) is 11.4 Å². The highest BCUT2D eigenvalue weighted by Crippen LogP contribution is 2.26. The summed E-state index contributed by atoms with van der Waals surface area (Å²) in [4.78, 5) is 0. The zero-order valence-electron chi connectivity index (χ0n) is 9.82. The summed E-state index contributed by atoms with van der Waals surface area (Å²) in [6, 6.07) is 3.13. The molecule has 0 aromatic carbocycles. The van der Waals surface area contributed by atoms with Gasteiger partial charge < -0.3 is 14.8 Å². The minimum Gasteiger partial charge on any atom is -0.377 e. The first-order valence-corrected chi connectivity index (χ1v) is 6.18. The summed E-state index contributed by atoms with van der Waals surface area (Å²) in [7, 11) is 0. The van der Waals surface area contributed by atoms with Crippen LogP contribution in [-0.2, 0) is 9.47 Å². The molecule has 2 unspecified atom stereocenters. The number of hydrogen-bond acceptors (Lipinski definition) is 4. The summed E-state index contributed by atoms with van der Waals surface area (Å²) < 4.78 is 11.1. The second kappa shape index (κ2) is 5.62. The van der Waals surface area contributed by atoms with Gasteiger partial charge in [0.2, 0.25) is 0 Å². The van der Waals surface area contributed by atoms with Gasteiger partial charge in [-0.1, -0.05) is 0 Å². The first kappa shape index (κ1) is 11.8. The Morgan fingerprint density at radius 3 is 3.00 bits per heavy atom. The summed E-state index contributed by atoms with van der Waals surface area (Å²) in [5.41, 5.74) is 0. The van der Waals surface area contributed by atoms with Crippen molar-refractivity contribution in [1.82, 2.24) is 5.32 Å². The zero-order valence-corrected chi connectivity index (χ0v) is 9.82. The molecule has 1 saturated carbocycles. The molecule has 0 spiro atoms. The third-order valence-corrected chi connectivity index (χ3v) is 3.47. The molecule has 0 amide bonds. The maximum atomic E-state index is 8.85. The lowest BCUT2D eigenvalue weighted by atomic mass is 10.1.